The van der Waals surface area contributed by atoms with E-state index in [0.29, 0.717) is 0 Å². The molecule has 18 heavy (non-hydrogen) atoms. The third-order valence-corrected chi connectivity index (χ3v) is 4.12. The van der Waals surface area contributed by atoms with Gasteiger partial charge in [-0.1, -0.05) is 13.3 Å². The Hall–Kier alpha value is -0.610. The highest BCUT2D eigenvalue weighted by Crippen LogP contribution is 2.18. The zero-order valence-corrected chi connectivity index (χ0v) is 12.6. The number of rotatable bonds is 5. The van der Waals surface area contributed by atoms with Gasteiger partial charge in [0, 0.05) is 29.8 Å². The number of piperidine rings is 1. The van der Waals surface area contributed by atoms with Crippen molar-refractivity contribution in [2.24, 2.45) is 0 Å². The molecule has 1 unspecified atom stereocenters. The van der Waals surface area contributed by atoms with E-state index in [1.54, 1.807) is 0 Å². The maximum atomic E-state index is 4.32. The second kappa shape index (κ2) is 7.10. The van der Waals surface area contributed by atoms with E-state index in [1.165, 1.54) is 32.2 Å². The van der Waals surface area contributed by atoms with Crippen molar-refractivity contribution in [1.29, 1.82) is 0 Å². The molecule has 0 spiro atoms. The summed E-state index contributed by atoms with van der Waals surface area (Å²) in [5, 5.41) is 3.39. The third kappa shape index (κ3) is 3.95. The van der Waals surface area contributed by atoms with E-state index in [-0.39, 0.29) is 0 Å². The first-order valence-electron chi connectivity index (χ1n) is 6.89. The van der Waals surface area contributed by atoms with Gasteiger partial charge in [0.15, 0.2) is 0 Å². The minimum absolute atomic E-state index is 0.790. The molecule has 0 radical (unpaired) electrons. The van der Waals surface area contributed by atoms with Crippen molar-refractivity contribution in [3.63, 3.8) is 0 Å². The van der Waals surface area contributed by atoms with Gasteiger partial charge in [-0.05, 0) is 53.9 Å². The fraction of sp³-hybridized carbons (Fsp3) is 0.643. The molecule has 1 aliphatic rings. The van der Waals surface area contributed by atoms with Crippen LogP contribution in [-0.4, -0.2) is 35.6 Å². The van der Waals surface area contributed by atoms with E-state index in [9.17, 15) is 0 Å². The fourth-order valence-electron chi connectivity index (χ4n) is 2.62. The van der Waals surface area contributed by atoms with Gasteiger partial charge in [0.05, 0.1) is 0 Å². The molecule has 1 aromatic rings. The minimum Gasteiger partial charge on any atom is -0.369 e. The Kier molecular flexibility index (Phi) is 5.45. The Morgan fingerprint density at radius 2 is 2.33 bits per heavy atom. The lowest BCUT2D eigenvalue weighted by Gasteiger charge is -2.35. The number of nitrogens with zero attached hydrogens (tertiary/aromatic N) is 2. The molecule has 0 amide bonds. The molecule has 0 aromatic carbocycles. The summed E-state index contributed by atoms with van der Waals surface area (Å²) < 4.78 is 1.02. The first-order chi connectivity index (χ1) is 8.79. The lowest BCUT2D eigenvalue weighted by atomic mass is 10.0. The van der Waals surface area contributed by atoms with Gasteiger partial charge >= 0.3 is 0 Å². The summed E-state index contributed by atoms with van der Waals surface area (Å²) in [4.78, 5) is 6.94. The van der Waals surface area contributed by atoms with Crippen molar-refractivity contribution in [3.8, 4) is 0 Å². The number of hydrogen-bond acceptors (Lipinski definition) is 3. The molecule has 0 aliphatic carbocycles. The third-order valence-electron chi connectivity index (χ3n) is 3.65. The summed E-state index contributed by atoms with van der Waals surface area (Å²) in [6, 6.07) is 4.82. The summed E-state index contributed by atoms with van der Waals surface area (Å²) >= 11 is 3.39. The average molecular weight is 312 g/mol. The highest BCUT2D eigenvalue weighted by Gasteiger charge is 2.19. The Morgan fingerprint density at radius 1 is 1.44 bits per heavy atom. The van der Waals surface area contributed by atoms with E-state index in [4.69, 9.17) is 0 Å². The van der Waals surface area contributed by atoms with Gasteiger partial charge in [-0.15, -0.1) is 0 Å². The zero-order valence-electron chi connectivity index (χ0n) is 11.0. The molecule has 3 nitrogen and oxygen atoms in total. The van der Waals surface area contributed by atoms with Gasteiger partial charge in [-0.2, -0.15) is 0 Å². The Morgan fingerprint density at radius 3 is 3.06 bits per heavy atom. The zero-order chi connectivity index (χ0) is 12.8. The monoisotopic (exact) mass is 311 g/mol. The predicted octanol–water partition coefficient (Wildman–Crippen LogP) is 3.52. The number of nitrogens with one attached hydrogen (secondary N) is 1. The van der Waals surface area contributed by atoms with Crippen molar-refractivity contribution in [3.05, 3.63) is 22.8 Å². The van der Waals surface area contributed by atoms with Crippen molar-refractivity contribution in [1.82, 2.24) is 9.88 Å². The van der Waals surface area contributed by atoms with Gasteiger partial charge in [0.2, 0.25) is 0 Å². The molecule has 100 valence electrons. The smallest absolute Gasteiger partial charge is 0.126 e. The highest BCUT2D eigenvalue weighted by molar-refractivity contribution is 9.10. The number of aromatic nitrogens is 1. The SMILES string of the molecule is CCC1CCCCN1CCNc1ccc(Br)cn1. The number of likely N-dealkylation sites (tertiary alicyclic amines) is 1. The average Bonchev–Trinajstić information content (AvgIpc) is 2.41. The molecule has 4 heteroatoms. The molecule has 0 bridgehead atoms. The minimum atomic E-state index is 0.790. The van der Waals surface area contributed by atoms with Crippen LogP contribution in [0.15, 0.2) is 22.8 Å². The van der Waals surface area contributed by atoms with Gasteiger partial charge in [0.25, 0.3) is 0 Å². The van der Waals surface area contributed by atoms with E-state index >= 15 is 0 Å². The van der Waals surface area contributed by atoms with Crippen molar-refractivity contribution in [2.75, 3.05) is 25.0 Å². The van der Waals surface area contributed by atoms with E-state index in [2.05, 4.69) is 38.1 Å². The van der Waals surface area contributed by atoms with Crippen LogP contribution < -0.4 is 5.32 Å². The maximum Gasteiger partial charge on any atom is 0.126 e. The Labute approximate surface area is 118 Å². The fourth-order valence-corrected chi connectivity index (χ4v) is 2.86. The number of anilines is 1. The first-order valence-corrected chi connectivity index (χ1v) is 7.68. The normalized spacial score (nSPS) is 20.9. The molecule has 1 N–H and O–H groups in total. The van der Waals surface area contributed by atoms with Crippen LogP contribution in [-0.2, 0) is 0 Å². The lowest BCUT2D eigenvalue weighted by molar-refractivity contribution is 0.150. The molecule has 1 aromatic heterocycles. The summed E-state index contributed by atoms with van der Waals surface area (Å²) in [6.45, 7) is 5.65. The van der Waals surface area contributed by atoms with Crippen LogP contribution in [0.2, 0.25) is 0 Å². The Balaban J connectivity index is 1.75. The summed E-state index contributed by atoms with van der Waals surface area (Å²) in [5.41, 5.74) is 0. The largest absolute Gasteiger partial charge is 0.369 e. The van der Waals surface area contributed by atoms with Gasteiger partial charge in [-0.3, -0.25) is 4.90 Å². The molecular weight excluding hydrogens is 290 g/mol. The summed E-state index contributed by atoms with van der Waals surface area (Å²) in [6.07, 6.45) is 7.23. The second-order valence-electron chi connectivity index (χ2n) is 4.88. The van der Waals surface area contributed by atoms with Gasteiger partial charge < -0.3 is 5.32 Å². The maximum absolute atomic E-state index is 4.32. The van der Waals surface area contributed by atoms with Crippen LogP contribution in [0.5, 0.6) is 0 Å². The predicted molar refractivity (Wildman–Crippen MR) is 79.9 cm³/mol. The quantitative estimate of drug-likeness (QED) is 0.901. The number of halogens is 1. The van der Waals surface area contributed by atoms with Crippen LogP contribution >= 0.6 is 15.9 Å². The van der Waals surface area contributed by atoms with Crippen LogP contribution in [0, 0.1) is 0 Å². The topological polar surface area (TPSA) is 28.2 Å². The van der Waals surface area contributed by atoms with Crippen molar-refractivity contribution >= 4 is 21.7 Å². The molecule has 2 heterocycles. The second-order valence-corrected chi connectivity index (χ2v) is 5.80. The Bertz CT molecular complexity index is 353. The van der Waals surface area contributed by atoms with Gasteiger partial charge in [0.1, 0.15) is 5.82 Å². The van der Waals surface area contributed by atoms with E-state index in [1.807, 2.05) is 18.3 Å². The summed E-state index contributed by atoms with van der Waals surface area (Å²) in [7, 11) is 0. The first kappa shape index (κ1) is 13.8. The highest BCUT2D eigenvalue weighted by atomic mass is 79.9. The van der Waals surface area contributed by atoms with Crippen LogP contribution in [0.4, 0.5) is 5.82 Å². The molecule has 0 saturated carbocycles. The van der Waals surface area contributed by atoms with Crippen LogP contribution in [0.25, 0.3) is 0 Å². The molecule has 1 atom stereocenters. The van der Waals surface area contributed by atoms with Crippen LogP contribution in [0.3, 0.4) is 0 Å². The molecule has 1 aliphatic heterocycles. The van der Waals surface area contributed by atoms with E-state index in [0.717, 1.165) is 29.4 Å². The molecule has 1 saturated heterocycles. The molecule has 1 fully saturated rings. The number of hydrogen-bond donors (Lipinski definition) is 1. The van der Waals surface area contributed by atoms with E-state index < -0.39 is 0 Å². The van der Waals surface area contributed by atoms with Crippen molar-refractivity contribution < 1.29 is 0 Å². The van der Waals surface area contributed by atoms with Crippen LogP contribution in [0.1, 0.15) is 32.6 Å². The number of pyridine rings is 1. The standard InChI is InChI=1S/C14H22BrN3/c1-2-13-5-3-4-9-18(13)10-8-16-14-7-6-12(15)11-17-14/h6-7,11,13H,2-5,8-10H2,1H3,(H,16,17). The lowest BCUT2D eigenvalue weighted by Crippen LogP contribution is -2.41. The van der Waals surface area contributed by atoms with Crippen molar-refractivity contribution in [2.45, 2.75) is 38.6 Å². The molecular formula is C14H22BrN3. The summed E-state index contributed by atoms with van der Waals surface area (Å²) in [5.74, 6) is 0.961. The van der Waals surface area contributed by atoms with Gasteiger partial charge in [-0.25, -0.2) is 4.98 Å². The molecule has 2 rings (SSSR count).